The topological polar surface area (TPSA) is 27.0 Å². The van der Waals surface area contributed by atoms with Crippen molar-refractivity contribution >= 4 is 0 Å². The van der Waals surface area contributed by atoms with E-state index in [0.29, 0.717) is 0 Å². The Morgan fingerprint density at radius 2 is 2.13 bits per heavy atom. The van der Waals surface area contributed by atoms with Crippen LogP contribution in [0.3, 0.4) is 0 Å². The van der Waals surface area contributed by atoms with Crippen LogP contribution in [0.15, 0.2) is 24.3 Å². The summed E-state index contributed by atoms with van der Waals surface area (Å²) in [6.45, 7) is 5.75. The third-order valence-corrected chi connectivity index (χ3v) is 3.00. The average Bonchev–Trinajstić information content (AvgIpc) is 2.65. The maximum absolute atomic E-state index is 8.69. The van der Waals surface area contributed by atoms with E-state index in [1.807, 2.05) is 12.1 Å². The highest BCUT2D eigenvalue weighted by atomic mass is 15.1. The first kappa shape index (κ1) is 10.2. The summed E-state index contributed by atoms with van der Waals surface area (Å²) in [6, 6.07) is 10.1. The minimum absolute atomic E-state index is 0.744. The third kappa shape index (κ3) is 2.57. The van der Waals surface area contributed by atoms with Gasteiger partial charge < -0.3 is 0 Å². The van der Waals surface area contributed by atoms with Gasteiger partial charge in [-0.1, -0.05) is 19.1 Å². The molecule has 1 aliphatic heterocycles. The molecule has 1 aliphatic rings. The number of nitriles is 1. The summed E-state index contributed by atoms with van der Waals surface area (Å²) in [7, 11) is 0. The van der Waals surface area contributed by atoms with Crippen LogP contribution in [0.1, 0.15) is 24.5 Å². The van der Waals surface area contributed by atoms with Crippen molar-refractivity contribution < 1.29 is 0 Å². The number of rotatable bonds is 2. The van der Waals surface area contributed by atoms with Crippen molar-refractivity contribution in [3.05, 3.63) is 35.4 Å². The molecule has 1 atom stereocenters. The van der Waals surface area contributed by atoms with Crippen LogP contribution in [-0.2, 0) is 6.54 Å². The lowest BCUT2D eigenvalue weighted by atomic mass is 10.1. The van der Waals surface area contributed by atoms with E-state index < -0.39 is 0 Å². The quantitative estimate of drug-likeness (QED) is 0.733. The first-order valence-electron chi connectivity index (χ1n) is 5.49. The first-order chi connectivity index (χ1) is 7.28. The van der Waals surface area contributed by atoms with Crippen LogP contribution >= 0.6 is 0 Å². The van der Waals surface area contributed by atoms with Crippen molar-refractivity contribution in [1.29, 1.82) is 5.26 Å². The van der Waals surface area contributed by atoms with Gasteiger partial charge in [0.05, 0.1) is 11.6 Å². The zero-order valence-corrected chi connectivity index (χ0v) is 9.11. The van der Waals surface area contributed by atoms with E-state index in [0.717, 1.165) is 18.0 Å². The van der Waals surface area contributed by atoms with Crippen LogP contribution in [0.4, 0.5) is 0 Å². The fourth-order valence-electron chi connectivity index (χ4n) is 2.11. The number of hydrogen-bond donors (Lipinski definition) is 0. The van der Waals surface area contributed by atoms with Crippen LogP contribution in [0.2, 0.25) is 0 Å². The number of benzene rings is 1. The molecule has 1 aromatic carbocycles. The summed E-state index contributed by atoms with van der Waals surface area (Å²) < 4.78 is 0. The predicted octanol–water partition coefficient (Wildman–Crippen LogP) is 2.40. The van der Waals surface area contributed by atoms with Gasteiger partial charge in [0.25, 0.3) is 0 Å². The van der Waals surface area contributed by atoms with Gasteiger partial charge in [-0.05, 0) is 36.6 Å². The smallest absolute Gasteiger partial charge is 0.0991 e. The van der Waals surface area contributed by atoms with Crippen LogP contribution in [-0.4, -0.2) is 18.0 Å². The highest BCUT2D eigenvalue weighted by Crippen LogP contribution is 2.17. The number of nitrogens with zero attached hydrogens (tertiary/aromatic N) is 2. The average molecular weight is 200 g/mol. The molecule has 2 heteroatoms. The van der Waals surface area contributed by atoms with Crippen LogP contribution < -0.4 is 0 Å². The molecular formula is C13H16N2. The van der Waals surface area contributed by atoms with E-state index in [1.165, 1.54) is 25.1 Å². The van der Waals surface area contributed by atoms with Crippen LogP contribution in [0, 0.1) is 17.2 Å². The SMILES string of the molecule is CC1CCN(Cc2ccc(C#N)cc2)C1. The Morgan fingerprint density at radius 3 is 2.67 bits per heavy atom. The van der Waals surface area contributed by atoms with E-state index in [2.05, 4.69) is 30.0 Å². The summed E-state index contributed by atoms with van der Waals surface area (Å²) >= 11 is 0. The molecule has 0 N–H and O–H groups in total. The molecule has 0 aliphatic carbocycles. The highest BCUT2D eigenvalue weighted by molar-refractivity contribution is 5.31. The van der Waals surface area contributed by atoms with Crippen molar-refractivity contribution in [2.45, 2.75) is 19.9 Å². The molecule has 1 aromatic rings. The monoisotopic (exact) mass is 200 g/mol. The molecule has 15 heavy (non-hydrogen) atoms. The zero-order chi connectivity index (χ0) is 10.7. The Labute approximate surface area is 91.1 Å². The number of hydrogen-bond acceptors (Lipinski definition) is 2. The Bertz CT molecular complexity index is 361. The highest BCUT2D eigenvalue weighted by Gasteiger charge is 2.18. The summed E-state index contributed by atoms with van der Waals surface area (Å²) in [5, 5.41) is 8.69. The van der Waals surface area contributed by atoms with Crippen molar-refractivity contribution in [3.63, 3.8) is 0 Å². The zero-order valence-electron chi connectivity index (χ0n) is 9.11. The Kier molecular flexibility index (Phi) is 3.03. The largest absolute Gasteiger partial charge is 0.299 e. The van der Waals surface area contributed by atoms with Gasteiger partial charge in [0, 0.05) is 13.1 Å². The van der Waals surface area contributed by atoms with Gasteiger partial charge in [0.2, 0.25) is 0 Å². The first-order valence-corrected chi connectivity index (χ1v) is 5.49. The molecule has 1 unspecified atom stereocenters. The van der Waals surface area contributed by atoms with Gasteiger partial charge in [-0.25, -0.2) is 0 Å². The minimum Gasteiger partial charge on any atom is -0.299 e. The van der Waals surface area contributed by atoms with Gasteiger partial charge in [0.15, 0.2) is 0 Å². The molecule has 0 saturated carbocycles. The second kappa shape index (κ2) is 4.46. The number of likely N-dealkylation sites (tertiary alicyclic amines) is 1. The van der Waals surface area contributed by atoms with E-state index in [9.17, 15) is 0 Å². The van der Waals surface area contributed by atoms with Crippen molar-refractivity contribution in [1.82, 2.24) is 4.90 Å². The Balaban J connectivity index is 1.96. The van der Waals surface area contributed by atoms with Gasteiger partial charge in [-0.3, -0.25) is 4.90 Å². The Hall–Kier alpha value is -1.33. The van der Waals surface area contributed by atoms with E-state index in [-0.39, 0.29) is 0 Å². The fourth-order valence-corrected chi connectivity index (χ4v) is 2.11. The fraction of sp³-hybridized carbons (Fsp3) is 0.462. The Morgan fingerprint density at radius 1 is 1.40 bits per heavy atom. The summed E-state index contributed by atoms with van der Waals surface area (Å²) in [4.78, 5) is 2.48. The van der Waals surface area contributed by atoms with Crippen molar-refractivity contribution in [3.8, 4) is 6.07 Å². The molecular weight excluding hydrogens is 184 g/mol. The summed E-state index contributed by atoms with van der Waals surface area (Å²) in [5.74, 6) is 0.836. The predicted molar refractivity (Wildman–Crippen MR) is 60.2 cm³/mol. The van der Waals surface area contributed by atoms with E-state index in [1.54, 1.807) is 0 Å². The molecule has 0 spiro atoms. The van der Waals surface area contributed by atoms with Gasteiger partial charge in [-0.15, -0.1) is 0 Å². The molecule has 2 nitrogen and oxygen atoms in total. The summed E-state index contributed by atoms with van der Waals surface area (Å²) in [6.07, 6.45) is 1.32. The minimum atomic E-state index is 0.744. The van der Waals surface area contributed by atoms with E-state index in [4.69, 9.17) is 5.26 Å². The van der Waals surface area contributed by atoms with Crippen LogP contribution in [0.5, 0.6) is 0 Å². The summed E-state index contributed by atoms with van der Waals surface area (Å²) in [5.41, 5.74) is 2.05. The van der Waals surface area contributed by atoms with Gasteiger partial charge >= 0.3 is 0 Å². The standard InChI is InChI=1S/C13H16N2/c1-11-6-7-15(9-11)10-13-4-2-12(8-14)3-5-13/h2-5,11H,6-7,9-10H2,1H3. The van der Waals surface area contributed by atoms with Crippen molar-refractivity contribution in [2.24, 2.45) is 5.92 Å². The molecule has 0 amide bonds. The van der Waals surface area contributed by atoms with Crippen LogP contribution in [0.25, 0.3) is 0 Å². The van der Waals surface area contributed by atoms with Gasteiger partial charge in [-0.2, -0.15) is 5.26 Å². The molecule has 2 rings (SSSR count). The molecule has 0 bridgehead atoms. The molecule has 0 radical (unpaired) electrons. The lowest BCUT2D eigenvalue weighted by molar-refractivity contribution is 0.320. The molecule has 1 heterocycles. The lowest BCUT2D eigenvalue weighted by Crippen LogP contribution is -2.19. The van der Waals surface area contributed by atoms with E-state index >= 15 is 0 Å². The normalized spacial score (nSPS) is 21.5. The second-order valence-electron chi connectivity index (χ2n) is 4.44. The maximum Gasteiger partial charge on any atom is 0.0991 e. The molecule has 1 fully saturated rings. The maximum atomic E-state index is 8.69. The molecule has 78 valence electrons. The second-order valence-corrected chi connectivity index (χ2v) is 4.44. The molecule has 0 aromatic heterocycles. The lowest BCUT2D eigenvalue weighted by Gasteiger charge is -2.14. The van der Waals surface area contributed by atoms with Crippen molar-refractivity contribution in [2.75, 3.05) is 13.1 Å². The molecule has 1 saturated heterocycles. The van der Waals surface area contributed by atoms with Gasteiger partial charge in [0.1, 0.15) is 0 Å². The third-order valence-electron chi connectivity index (χ3n) is 3.00.